The molecule has 0 fully saturated rings. The van der Waals surface area contributed by atoms with Gasteiger partial charge < -0.3 is 15.4 Å². The van der Waals surface area contributed by atoms with Gasteiger partial charge in [-0.15, -0.1) is 0 Å². The van der Waals surface area contributed by atoms with Crippen molar-refractivity contribution in [2.24, 2.45) is 0 Å². The Morgan fingerprint density at radius 2 is 1.50 bits per heavy atom. The average molecular weight is 456 g/mol. The number of benzene rings is 3. The summed E-state index contributed by atoms with van der Waals surface area (Å²) in [6, 6.07) is 19.6. The van der Waals surface area contributed by atoms with E-state index >= 15 is 0 Å². The molecule has 2 N–H and O–H groups in total. The fourth-order valence-electron chi connectivity index (χ4n) is 3.83. The van der Waals surface area contributed by atoms with E-state index in [-0.39, 0.29) is 17.2 Å². The molecule has 7 heteroatoms. The van der Waals surface area contributed by atoms with E-state index in [1.165, 1.54) is 11.8 Å². The van der Waals surface area contributed by atoms with E-state index in [9.17, 15) is 14.4 Å². The van der Waals surface area contributed by atoms with Crippen LogP contribution >= 0.6 is 0 Å². The monoisotopic (exact) mass is 455 g/mol. The molecular weight excluding hydrogens is 430 g/mol. The Bertz CT molecular complexity index is 1310. The number of methoxy groups -OCH3 is 1. The molecule has 0 radical (unpaired) electrons. The Hall–Kier alpha value is -4.39. The number of aryl methyl sites for hydroxylation is 2. The maximum absolute atomic E-state index is 13.7. The predicted octanol–water partition coefficient (Wildman–Crippen LogP) is 4.67. The number of hydrogen-bond donors (Lipinski definition) is 2. The van der Waals surface area contributed by atoms with E-state index in [0.29, 0.717) is 28.4 Å². The molecule has 7 nitrogen and oxygen atoms in total. The number of anilines is 3. The number of ether oxygens (including phenoxy) is 1. The lowest BCUT2D eigenvalue weighted by Crippen LogP contribution is -2.33. The van der Waals surface area contributed by atoms with Crippen LogP contribution in [0.3, 0.4) is 0 Å². The molecule has 0 unspecified atom stereocenters. The summed E-state index contributed by atoms with van der Waals surface area (Å²) in [7, 11) is 1.58. The summed E-state index contributed by atoms with van der Waals surface area (Å²) < 4.78 is 5.21. The van der Waals surface area contributed by atoms with Gasteiger partial charge in [-0.05, 0) is 73.0 Å². The van der Waals surface area contributed by atoms with Crippen molar-refractivity contribution in [3.63, 3.8) is 0 Å². The molecule has 0 atom stereocenters. The fourth-order valence-corrected chi connectivity index (χ4v) is 3.83. The van der Waals surface area contributed by atoms with Crippen LogP contribution in [0, 0.1) is 13.8 Å². The van der Waals surface area contributed by atoms with Gasteiger partial charge in [-0.3, -0.25) is 14.4 Å². The number of imide groups is 1. The van der Waals surface area contributed by atoms with Crippen LogP contribution in [0.1, 0.15) is 23.6 Å². The molecule has 3 aromatic carbocycles. The van der Waals surface area contributed by atoms with Crippen LogP contribution in [0.15, 0.2) is 72.4 Å². The second kappa shape index (κ2) is 9.23. The molecule has 4 rings (SSSR count). The summed E-state index contributed by atoms with van der Waals surface area (Å²) in [5.41, 5.74) is 4.57. The Balaban J connectivity index is 1.79. The van der Waals surface area contributed by atoms with Crippen molar-refractivity contribution in [3.05, 3.63) is 89.1 Å². The highest BCUT2D eigenvalue weighted by Crippen LogP contribution is 2.36. The minimum absolute atomic E-state index is 0.184. The van der Waals surface area contributed by atoms with E-state index in [4.69, 9.17) is 4.74 Å². The Kier molecular flexibility index (Phi) is 6.19. The smallest absolute Gasteiger partial charge is 0.282 e. The molecule has 0 saturated heterocycles. The summed E-state index contributed by atoms with van der Waals surface area (Å²) in [5.74, 6) is -0.362. The maximum atomic E-state index is 13.7. The van der Waals surface area contributed by atoms with Crippen molar-refractivity contribution < 1.29 is 19.1 Å². The van der Waals surface area contributed by atoms with E-state index in [0.717, 1.165) is 11.1 Å². The number of carbonyl (C=O) groups excluding carboxylic acids is 3. The van der Waals surface area contributed by atoms with Crippen molar-refractivity contribution in [1.82, 2.24) is 0 Å². The van der Waals surface area contributed by atoms with Crippen molar-refractivity contribution in [2.45, 2.75) is 20.8 Å². The van der Waals surface area contributed by atoms with Gasteiger partial charge in [-0.25, -0.2) is 4.90 Å². The predicted molar refractivity (Wildman–Crippen MR) is 133 cm³/mol. The van der Waals surface area contributed by atoms with Gasteiger partial charge >= 0.3 is 0 Å². The van der Waals surface area contributed by atoms with Crippen LogP contribution in [0.2, 0.25) is 0 Å². The Morgan fingerprint density at radius 1 is 0.853 bits per heavy atom. The SMILES string of the molecule is COc1ccc(NC2=C(c3ccc(NC(C)=O)cc3)C(=O)N(c3cc(C)ccc3C)C2=O)cc1. The number of nitrogens with one attached hydrogen (secondary N) is 2. The summed E-state index contributed by atoms with van der Waals surface area (Å²) in [4.78, 5) is 39.8. The van der Waals surface area contributed by atoms with E-state index in [2.05, 4.69) is 10.6 Å². The van der Waals surface area contributed by atoms with Gasteiger partial charge in [0.2, 0.25) is 5.91 Å². The second-order valence-electron chi connectivity index (χ2n) is 8.10. The third-order valence-electron chi connectivity index (χ3n) is 5.54. The molecular formula is C27H25N3O4. The summed E-state index contributed by atoms with van der Waals surface area (Å²) >= 11 is 0. The van der Waals surface area contributed by atoms with Gasteiger partial charge in [0.1, 0.15) is 11.4 Å². The molecule has 0 bridgehead atoms. The number of rotatable bonds is 6. The van der Waals surface area contributed by atoms with E-state index in [1.54, 1.807) is 55.6 Å². The number of carbonyl (C=O) groups is 3. The molecule has 1 aliphatic heterocycles. The van der Waals surface area contributed by atoms with Gasteiger partial charge in [-0.1, -0.05) is 24.3 Å². The van der Waals surface area contributed by atoms with Gasteiger partial charge in [0, 0.05) is 18.3 Å². The molecule has 172 valence electrons. The molecule has 3 aromatic rings. The van der Waals surface area contributed by atoms with Crippen LogP contribution < -0.4 is 20.3 Å². The summed E-state index contributed by atoms with van der Waals surface area (Å²) in [5, 5.41) is 5.85. The first-order valence-electron chi connectivity index (χ1n) is 10.8. The van der Waals surface area contributed by atoms with Crippen LogP contribution in [0.5, 0.6) is 5.75 Å². The van der Waals surface area contributed by atoms with Crippen molar-refractivity contribution in [1.29, 1.82) is 0 Å². The lowest BCUT2D eigenvalue weighted by molar-refractivity contribution is -0.120. The van der Waals surface area contributed by atoms with Gasteiger partial charge in [0.15, 0.2) is 0 Å². The fraction of sp³-hybridized carbons (Fsp3) is 0.148. The lowest BCUT2D eigenvalue weighted by atomic mass is 10.0. The number of amides is 3. The highest BCUT2D eigenvalue weighted by molar-refractivity contribution is 6.46. The summed E-state index contributed by atoms with van der Waals surface area (Å²) in [6.45, 7) is 5.21. The highest BCUT2D eigenvalue weighted by atomic mass is 16.5. The van der Waals surface area contributed by atoms with Crippen LogP contribution in [0.25, 0.3) is 5.57 Å². The first-order valence-corrected chi connectivity index (χ1v) is 10.8. The molecule has 0 aromatic heterocycles. The zero-order chi connectivity index (χ0) is 24.4. The standard InChI is InChI=1S/C27H25N3O4/c1-16-5-6-17(2)23(15-16)30-26(32)24(19-7-9-20(10-8-19)28-18(3)31)25(27(30)33)29-21-11-13-22(34-4)14-12-21/h5-15,29H,1-4H3,(H,28,31). The van der Waals surface area contributed by atoms with Crippen LogP contribution in [0.4, 0.5) is 17.1 Å². The van der Waals surface area contributed by atoms with Crippen molar-refractivity contribution in [2.75, 3.05) is 22.6 Å². The van der Waals surface area contributed by atoms with Crippen molar-refractivity contribution >= 4 is 40.4 Å². The Labute approximate surface area is 198 Å². The average Bonchev–Trinajstić information content (AvgIpc) is 3.05. The first kappa shape index (κ1) is 22.8. The second-order valence-corrected chi connectivity index (χ2v) is 8.10. The topological polar surface area (TPSA) is 87.7 Å². The Morgan fingerprint density at radius 3 is 2.12 bits per heavy atom. The maximum Gasteiger partial charge on any atom is 0.282 e. The first-order chi connectivity index (χ1) is 16.3. The molecule has 1 aliphatic rings. The van der Waals surface area contributed by atoms with Gasteiger partial charge in [-0.2, -0.15) is 0 Å². The largest absolute Gasteiger partial charge is 0.497 e. The molecule has 0 saturated carbocycles. The zero-order valence-electron chi connectivity index (χ0n) is 19.4. The quantitative estimate of drug-likeness (QED) is 0.528. The van der Waals surface area contributed by atoms with Gasteiger partial charge in [0.05, 0.1) is 18.4 Å². The molecule has 34 heavy (non-hydrogen) atoms. The van der Waals surface area contributed by atoms with E-state index in [1.807, 2.05) is 32.0 Å². The van der Waals surface area contributed by atoms with Crippen LogP contribution in [-0.4, -0.2) is 24.8 Å². The molecule has 1 heterocycles. The molecule has 3 amide bonds. The highest BCUT2D eigenvalue weighted by Gasteiger charge is 2.40. The minimum Gasteiger partial charge on any atom is -0.497 e. The normalized spacial score (nSPS) is 13.4. The third-order valence-corrected chi connectivity index (χ3v) is 5.54. The number of hydrogen-bond acceptors (Lipinski definition) is 5. The molecule has 0 spiro atoms. The zero-order valence-corrected chi connectivity index (χ0v) is 19.4. The minimum atomic E-state index is -0.435. The van der Waals surface area contributed by atoms with E-state index < -0.39 is 11.8 Å². The lowest BCUT2D eigenvalue weighted by Gasteiger charge is -2.18. The van der Waals surface area contributed by atoms with Crippen LogP contribution in [-0.2, 0) is 14.4 Å². The summed E-state index contributed by atoms with van der Waals surface area (Å²) in [6.07, 6.45) is 0. The van der Waals surface area contributed by atoms with Crippen molar-refractivity contribution in [3.8, 4) is 5.75 Å². The molecule has 0 aliphatic carbocycles. The third kappa shape index (κ3) is 4.41. The number of nitrogens with zero attached hydrogens (tertiary/aromatic N) is 1. The van der Waals surface area contributed by atoms with Gasteiger partial charge in [0.25, 0.3) is 11.8 Å².